The van der Waals surface area contributed by atoms with Gasteiger partial charge in [0.15, 0.2) is 5.78 Å². The Kier molecular flexibility index (Phi) is 6.77. The van der Waals surface area contributed by atoms with Crippen LogP contribution in [0.1, 0.15) is 28.8 Å². The van der Waals surface area contributed by atoms with Gasteiger partial charge >= 0.3 is 0 Å². The molecule has 1 aliphatic rings. The molecule has 0 saturated carbocycles. The zero-order chi connectivity index (χ0) is 25.3. The smallest absolute Gasteiger partial charge is 0.206 e. The van der Waals surface area contributed by atoms with E-state index < -0.39 is 9.84 Å². The number of hydrogen-bond donors (Lipinski definition) is 1. The van der Waals surface area contributed by atoms with Gasteiger partial charge in [0.1, 0.15) is 5.84 Å². The highest BCUT2D eigenvalue weighted by molar-refractivity contribution is 9.10. The number of Topliss-reactive ketones (excluding diaryl/α,β-unsaturated/α-hetero) is 1. The molecule has 0 aromatic heterocycles. The Balaban J connectivity index is 1.27. The molecule has 1 saturated heterocycles. The number of nitrogens with zero attached hydrogens (tertiary/aromatic N) is 1. The molecule has 5 rings (SSSR count). The van der Waals surface area contributed by atoms with E-state index in [-0.39, 0.29) is 21.5 Å². The molecule has 0 amide bonds. The molecule has 4 aromatic rings. The zero-order valence-corrected chi connectivity index (χ0v) is 21.9. The van der Waals surface area contributed by atoms with Crippen molar-refractivity contribution in [2.24, 2.45) is 5.92 Å². The van der Waals surface area contributed by atoms with E-state index in [1.807, 2.05) is 53.4 Å². The summed E-state index contributed by atoms with van der Waals surface area (Å²) >= 11 is 3.44. The zero-order valence-electron chi connectivity index (χ0n) is 19.5. The van der Waals surface area contributed by atoms with Crippen LogP contribution in [0, 0.1) is 11.3 Å². The number of piperidine rings is 1. The van der Waals surface area contributed by atoms with Crippen molar-refractivity contribution in [2.75, 3.05) is 13.1 Å². The summed E-state index contributed by atoms with van der Waals surface area (Å²) in [5.41, 5.74) is 1.40. The number of halogens is 1. The maximum absolute atomic E-state index is 13.2. The predicted octanol–water partition coefficient (Wildman–Crippen LogP) is 6.36. The summed E-state index contributed by atoms with van der Waals surface area (Å²) in [7, 11) is -3.70. The number of hydrogen-bond acceptors (Lipinski definition) is 4. The molecule has 7 heteroatoms. The van der Waals surface area contributed by atoms with Crippen molar-refractivity contribution in [3.8, 4) is 0 Å². The van der Waals surface area contributed by atoms with Crippen LogP contribution in [0.5, 0.6) is 0 Å². The van der Waals surface area contributed by atoms with Crippen molar-refractivity contribution >= 4 is 48.2 Å². The SMILES string of the molecule is N=C(c1ccccc1)N1CCC(C(=O)c2ccc(S(=O)(=O)c3ccc4cc(Br)ccc4c3)cc2)CC1. The van der Waals surface area contributed by atoms with Gasteiger partial charge in [-0.1, -0.05) is 70.5 Å². The summed E-state index contributed by atoms with van der Waals surface area (Å²) in [5, 5.41) is 10.2. The Labute approximate surface area is 219 Å². The highest BCUT2D eigenvalue weighted by atomic mass is 79.9. The van der Waals surface area contributed by atoms with Crippen molar-refractivity contribution in [1.82, 2.24) is 4.90 Å². The molecule has 1 fully saturated rings. The minimum Gasteiger partial charge on any atom is -0.357 e. The molecule has 182 valence electrons. The van der Waals surface area contributed by atoms with Gasteiger partial charge < -0.3 is 4.90 Å². The van der Waals surface area contributed by atoms with Gasteiger partial charge in [-0.25, -0.2) is 8.42 Å². The highest BCUT2D eigenvalue weighted by Gasteiger charge is 2.28. The number of carbonyl (C=O) groups is 1. The molecule has 1 aliphatic heterocycles. The van der Waals surface area contributed by atoms with Crippen LogP contribution in [0.2, 0.25) is 0 Å². The topological polar surface area (TPSA) is 78.3 Å². The van der Waals surface area contributed by atoms with E-state index in [0.29, 0.717) is 37.3 Å². The summed E-state index contributed by atoms with van der Waals surface area (Å²) in [6.07, 6.45) is 1.34. The van der Waals surface area contributed by atoms with Crippen LogP contribution in [-0.2, 0) is 9.84 Å². The lowest BCUT2D eigenvalue weighted by atomic mass is 9.88. The minimum atomic E-state index is -3.70. The second-order valence-corrected chi connectivity index (χ2v) is 11.9. The van der Waals surface area contributed by atoms with Gasteiger partial charge in [0, 0.05) is 34.6 Å². The van der Waals surface area contributed by atoms with Gasteiger partial charge in [-0.2, -0.15) is 0 Å². The fraction of sp³-hybridized carbons (Fsp3) is 0.172. The number of fused-ring (bicyclic) bond motifs is 1. The van der Waals surface area contributed by atoms with E-state index in [4.69, 9.17) is 5.41 Å². The van der Waals surface area contributed by atoms with Crippen molar-refractivity contribution in [3.05, 3.63) is 107 Å². The van der Waals surface area contributed by atoms with Gasteiger partial charge in [0.25, 0.3) is 0 Å². The van der Waals surface area contributed by atoms with Gasteiger partial charge in [-0.15, -0.1) is 0 Å². The Bertz CT molecular complexity index is 1540. The average molecular weight is 562 g/mol. The number of benzene rings is 4. The molecule has 0 spiro atoms. The van der Waals surface area contributed by atoms with E-state index in [0.717, 1.165) is 20.8 Å². The predicted molar refractivity (Wildman–Crippen MR) is 145 cm³/mol. The van der Waals surface area contributed by atoms with Crippen LogP contribution in [0.15, 0.2) is 105 Å². The van der Waals surface area contributed by atoms with Crippen LogP contribution in [-0.4, -0.2) is 38.0 Å². The van der Waals surface area contributed by atoms with E-state index in [1.165, 1.54) is 12.1 Å². The molecule has 5 nitrogen and oxygen atoms in total. The lowest BCUT2D eigenvalue weighted by molar-refractivity contribution is 0.0872. The van der Waals surface area contributed by atoms with Crippen molar-refractivity contribution in [1.29, 1.82) is 5.41 Å². The molecule has 0 atom stereocenters. The molecular formula is C29H25BrN2O3S. The van der Waals surface area contributed by atoms with Crippen LogP contribution < -0.4 is 0 Å². The Morgan fingerprint density at radius 1 is 0.778 bits per heavy atom. The number of likely N-dealkylation sites (tertiary alicyclic amines) is 1. The van der Waals surface area contributed by atoms with Crippen LogP contribution in [0.3, 0.4) is 0 Å². The van der Waals surface area contributed by atoms with Gasteiger partial charge in [0.05, 0.1) is 9.79 Å². The first-order chi connectivity index (χ1) is 17.3. The average Bonchev–Trinajstić information content (AvgIpc) is 2.92. The van der Waals surface area contributed by atoms with Crippen LogP contribution in [0.25, 0.3) is 10.8 Å². The molecule has 0 bridgehead atoms. The lowest BCUT2D eigenvalue weighted by Crippen LogP contribution is -2.40. The van der Waals surface area contributed by atoms with Crippen LogP contribution >= 0.6 is 15.9 Å². The fourth-order valence-electron chi connectivity index (χ4n) is 4.68. The Morgan fingerprint density at radius 2 is 1.39 bits per heavy atom. The number of nitrogens with one attached hydrogen (secondary N) is 1. The summed E-state index contributed by atoms with van der Waals surface area (Å²) in [6.45, 7) is 1.30. The third-order valence-electron chi connectivity index (χ3n) is 6.76. The number of ketones is 1. The van der Waals surface area contributed by atoms with Crippen molar-refractivity contribution in [2.45, 2.75) is 22.6 Å². The molecule has 1 N–H and O–H groups in total. The molecule has 0 aliphatic carbocycles. The highest BCUT2D eigenvalue weighted by Crippen LogP contribution is 2.28. The molecule has 0 radical (unpaired) electrons. The first kappa shape index (κ1) is 24.4. The number of carbonyl (C=O) groups excluding carboxylic acids is 1. The fourth-order valence-corrected chi connectivity index (χ4v) is 6.35. The quantitative estimate of drug-likeness (QED) is 0.175. The van der Waals surface area contributed by atoms with Gasteiger partial charge in [-0.3, -0.25) is 10.2 Å². The van der Waals surface area contributed by atoms with E-state index in [9.17, 15) is 13.2 Å². The second kappa shape index (κ2) is 9.99. The van der Waals surface area contributed by atoms with Crippen molar-refractivity contribution in [3.63, 3.8) is 0 Å². The summed E-state index contributed by atoms with van der Waals surface area (Å²) in [6, 6.07) is 26.7. The van der Waals surface area contributed by atoms with E-state index in [1.54, 1.807) is 30.3 Å². The first-order valence-corrected chi connectivity index (χ1v) is 14.1. The summed E-state index contributed by atoms with van der Waals surface area (Å²) in [4.78, 5) is 15.5. The molecule has 4 aromatic carbocycles. The van der Waals surface area contributed by atoms with Crippen molar-refractivity contribution < 1.29 is 13.2 Å². The van der Waals surface area contributed by atoms with E-state index in [2.05, 4.69) is 15.9 Å². The third-order valence-corrected chi connectivity index (χ3v) is 9.02. The summed E-state index contributed by atoms with van der Waals surface area (Å²) in [5.74, 6) is 0.380. The monoisotopic (exact) mass is 560 g/mol. The maximum Gasteiger partial charge on any atom is 0.206 e. The molecule has 1 heterocycles. The lowest BCUT2D eigenvalue weighted by Gasteiger charge is -2.33. The third kappa shape index (κ3) is 4.86. The second-order valence-electron chi connectivity index (χ2n) is 9.02. The number of sulfone groups is 1. The maximum atomic E-state index is 13.2. The molecule has 0 unspecified atom stereocenters. The van der Waals surface area contributed by atoms with Gasteiger partial charge in [0.2, 0.25) is 9.84 Å². The first-order valence-electron chi connectivity index (χ1n) is 11.8. The van der Waals surface area contributed by atoms with Gasteiger partial charge in [-0.05, 0) is 60.0 Å². The largest absolute Gasteiger partial charge is 0.357 e. The molecule has 36 heavy (non-hydrogen) atoms. The Hall–Kier alpha value is -3.29. The number of amidine groups is 1. The minimum absolute atomic E-state index is 0.0288. The number of rotatable bonds is 5. The molecular weight excluding hydrogens is 536 g/mol. The van der Waals surface area contributed by atoms with Crippen LogP contribution in [0.4, 0.5) is 0 Å². The Morgan fingerprint density at radius 3 is 2.08 bits per heavy atom. The summed E-state index contributed by atoms with van der Waals surface area (Å²) < 4.78 is 27.4. The van der Waals surface area contributed by atoms with E-state index >= 15 is 0 Å². The standard InChI is InChI=1S/C29H25BrN2O3S/c30-25-10-6-24-19-27(13-9-23(24)18-25)36(34,35)26-11-7-20(8-12-26)28(33)21-14-16-32(17-15-21)29(31)22-4-2-1-3-5-22/h1-13,18-19,21,31H,14-17H2. The normalized spacial score (nSPS) is 14.6.